The molecule has 0 aromatic heterocycles. The molecule has 0 spiro atoms. The van der Waals surface area contributed by atoms with Crippen LogP contribution >= 0.6 is 0 Å². The lowest BCUT2D eigenvalue weighted by atomic mass is 9.90. The van der Waals surface area contributed by atoms with Gasteiger partial charge in [-0.05, 0) is 63.2 Å². The van der Waals surface area contributed by atoms with Gasteiger partial charge in [0.25, 0.3) is 0 Å². The third kappa shape index (κ3) is 7.05. The fraction of sp³-hybridized carbons (Fsp3) is 0.200. The van der Waals surface area contributed by atoms with E-state index in [1.54, 1.807) is 0 Å². The first-order valence-electron chi connectivity index (χ1n) is 13.2. The lowest BCUT2D eigenvalue weighted by molar-refractivity contribution is 0.281. The molecule has 4 aromatic carbocycles. The average molecular weight is 519 g/mol. The predicted molar refractivity (Wildman–Crippen MR) is 164 cm³/mol. The number of benzene rings is 4. The van der Waals surface area contributed by atoms with E-state index in [2.05, 4.69) is 105 Å². The van der Waals surface area contributed by atoms with Gasteiger partial charge in [-0.2, -0.15) is 0 Å². The maximum atomic E-state index is 9.50. The Morgan fingerprint density at radius 1 is 0.590 bits per heavy atom. The van der Waals surface area contributed by atoms with Gasteiger partial charge in [0, 0.05) is 45.5 Å². The molecule has 4 heteroatoms. The molecule has 0 saturated carbocycles. The van der Waals surface area contributed by atoms with Crippen molar-refractivity contribution in [1.29, 1.82) is 0 Å². The van der Waals surface area contributed by atoms with Crippen molar-refractivity contribution >= 4 is 16.9 Å². The third-order valence-corrected chi connectivity index (χ3v) is 7.00. The minimum absolute atomic E-state index is 0.0192. The van der Waals surface area contributed by atoms with Crippen LogP contribution in [0.2, 0.25) is 0 Å². The first-order valence-corrected chi connectivity index (χ1v) is 13.2. The molecule has 0 fully saturated rings. The zero-order chi connectivity index (χ0) is 27.8. The Hall–Kier alpha value is -4.12. The highest BCUT2D eigenvalue weighted by Crippen LogP contribution is 2.30. The van der Waals surface area contributed by atoms with E-state index in [1.807, 2.05) is 48.5 Å². The van der Waals surface area contributed by atoms with Gasteiger partial charge < -0.3 is 20.0 Å². The standard InChI is InChI=1S/C35H38N2O2/c1-36(2)32-20-16-30(17-21-32)35(31-18-22-33(23-19-31)37(3)4)7-5-6-34(28-12-8-26(24-38)9-13-28)29-14-10-27(25-39)11-15-29/h5-23,35,38-39H,24-25H2,1-4H3/b7-5+. The number of hydrogen-bond acceptors (Lipinski definition) is 4. The van der Waals surface area contributed by atoms with Gasteiger partial charge in [0.1, 0.15) is 0 Å². The molecule has 2 N–H and O–H groups in total. The van der Waals surface area contributed by atoms with Crippen LogP contribution in [0.3, 0.4) is 0 Å². The van der Waals surface area contributed by atoms with Crippen LogP contribution < -0.4 is 9.80 Å². The highest BCUT2D eigenvalue weighted by molar-refractivity contribution is 5.81. The Kier molecular flexibility index (Phi) is 9.37. The second-order valence-corrected chi connectivity index (χ2v) is 10.1. The van der Waals surface area contributed by atoms with E-state index >= 15 is 0 Å². The van der Waals surface area contributed by atoms with Gasteiger partial charge in [0.15, 0.2) is 0 Å². The summed E-state index contributed by atoms with van der Waals surface area (Å²) in [5, 5.41) is 19.0. The molecule has 0 saturated heterocycles. The lowest BCUT2D eigenvalue weighted by Crippen LogP contribution is -2.09. The van der Waals surface area contributed by atoms with Crippen LogP contribution in [0.1, 0.15) is 39.3 Å². The Balaban J connectivity index is 1.75. The Morgan fingerprint density at radius 3 is 1.31 bits per heavy atom. The van der Waals surface area contributed by atoms with Crippen molar-refractivity contribution < 1.29 is 10.2 Å². The van der Waals surface area contributed by atoms with Crippen molar-refractivity contribution in [1.82, 2.24) is 0 Å². The number of rotatable bonds is 10. The van der Waals surface area contributed by atoms with Gasteiger partial charge in [-0.3, -0.25) is 0 Å². The molecule has 200 valence electrons. The van der Waals surface area contributed by atoms with Crippen molar-refractivity contribution in [2.24, 2.45) is 0 Å². The normalized spacial score (nSPS) is 11.2. The molecule has 0 amide bonds. The molecule has 4 aromatic rings. The third-order valence-electron chi connectivity index (χ3n) is 7.00. The highest BCUT2D eigenvalue weighted by atomic mass is 16.3. The molecule has 0 aliphatic heterocycles. The van der Waals surface area contributed by atoms with E-state index in [9.17, 15) is 10.2 Å². The lowest BCUT2D eigenvalue weighted by Gasteiger charge is -2.19. The van der Waals surface area contributed by atoms with E-state index < -0.39 is 0 Å². The minimum Gasteiger partial charge on any atom is -0.392 e. The maximum absolute atomic E-state index is 9.50. The Morgan fingerprint density at radius 2 is 0.974 bits per heavy atom. The van der Waals surface area contributed by atoms with E-state index in [4.69, 9.17) is 0 Å². The molecule has 0 radical (unpaired) electrons. The fourth-order valence-corrected chi connectivity index (χ4v) is 4.58. The minimum atomic E-state index is 0.0192. The van der Waals surface area contributed by atoms with E-state index in [-0.39, 0.29) is 19.1 Å². The summed E-state index contributed by atoms with van der Waals surface area (Å²) in [7, 11) is 8.22. The van der Waals surface area contributed by atoms with E-state index in [0.29, 0.717) is 0 Å². The summed E-state index contributed by atoms with van der Waals surface area (Å²) < 4.78 is 0. The summed E-state index contributed by atoms with van der Waals surface area (Å²) in [6.07, 6.45) is 6.54. The summed E-state index contributed by atoms with van der Waals surface area (Å²) in [4.78, 5) is 4.22. The maximum Gasteiger partial charge on any atom is 0.0681 e. The van der Waals surface area contributed by atoms with Crippen molar-refractivity contribution in [2.75, 3.05) is 38.0 Å². The van der Waals surface area contributed by atoms with Crippen LogP contribution in [0.5, 0.6) is 0 Å². The van der Waals surface area contributed by atoms with Gasteiger partial charge >= 0.3 is 0 Å². The molecule has 0 aliphatic carbocycles. The molecule has 0 unspecified atom stereocenters. The van der Waals surface area contributed by atoms with Crippen LogP contribution in [0.15, 0.2) is 115 Å². The zero-order valence-electron chi connectivity index (χ0n) is 23.3. The number of aliphatic hydroxyl groups is 2. The Labute approximate surface area is 232 Å². The van der Waals surface area contributed by atoms with Crippen molar-refractivity contribution in [3.8, 4) is 0 Å². The monoisotopic (exact) mass is 518 g/mol. The molecule has 0 aliphatic rings. The van der Waals surface area contributed by atoms with Crippen LogP contribution in [0.25, 0.3) is 5.57 Å². The van der Waals surface area contributed by atoms with Crippen molar-refractivity contribution in [3.63, 3.8) is 0 Å². The average Bonchev–Trinajstić information content (AvgIpc) is 2.98. The molecule has 0 bridgehead atoms. The molecule has 0 heterocycles. The largest absolute Gasteiger partial charge is 0.392 e. The number of aliphatic hydroxyl groups excluding tert-OH is 2. The molecular formula is C35H38N2O2. The van der Waals surface area contributed by atoms with Gasteiger partial charge in [-0.1, -0.05) is 91.0 Å². The van der Waals surface area contributed by atoms with Crippen LogP contribution in [0.4, 0.5) is 11.4 Å². The summed E-state index contributed by atoms with van der Waals surface area (Å²) >= 11 is 0. The van der Waals surface area contributed by atoms with Gasteiger partial charge in [-0.25, -0.2) is 0 Å². The summed E-state index contributed by atoms with van der Waals surface area (Å²) in [5.41, 5.74) is 9.76. The number of anilines is 2. The molecule has 0 atom stereocenters. The summed E-state index contributed by atoms with van der Waals surface area (Å²) in [6, 6.07) is 33.5. The SMILES string of the molecule is CN(C)c1ccc(C(/C=C/C=C(c2ccc(CO)cc2)c2ccc(CO)cc2)c2ccc(N(C)C)cc2)cc1. The van der Waals surface area contributed by atoms with Crippen molar-refractivity contribution in [2.45, 2.75) is 19.1 Å². The van der Waals surface area contributed by atoms with Crippen molar-refractivity contribution in [3.05, 3.63) is 149 Å². The Bertz CT molecular complexity index is 1280. The number of allylic oxidation sites excluding steroid dienone is 3. The topological polar surface area (TPSA) is 46.9 Å². The second-order valence-electron chi connectivity index (χ2n) is 10.1. The van der Waals surface area contributed by atoms with E-state index in [1.165, 1.54) is 22.5 Å². The van der Waals surface area contributed by atoms with Gasteiger partial charge in [0.05, 0.1) is 13.2 Å². The summed E-state index contributed by atoms with van der Waals surface area (Å²) in [6.45, 7) is 0.0384. The quantitative estimate of drug-likeness (QED) is 0.232. The fourth-order valence-electron chi connectivity index (χ4n) is 4.58. The first kappa shape index (κ1) is 27.9. The van der Waals surface area contributed by atoms with Gasteiger partial charge in [0.2, 0.25) is 0 Å². The smallest absolute Gasteiger partial charge is 0.0681 e. The van der Waals surface area contributed by atoms with Crippen LogP contribution in [0, 0.1) is 0 Å². The molecule has 4 nitrogen and oxygen atoms in total. The number of hydrogen-bond donors (Lipinski definition) is 2. The van der Waals surface area contributed by atoms with Crippen LogP contribution in [-0.2, 0) is 13.2 Å². The van der Waals surface area contributed by atoms with E-state index in [0.717, 1.165) is 27.8 Å². The predicted octanol–water partition coefficient (Wildman–Crippen LogP) is 6.62. The van der Waals surface area contributed by atoms with Crippen LogP contribution in [-0.4, -0.2) is 38.4 Å². The summed E-state index contributed by atoms with van der Waals surface area (Å²) in [5.74, 6) is 0.0865. The highest BCUT2D eigenvalue weighted by Gasteiger charge is 2.12. The first-order chi connectivity index (χ1) is 18.9. The van der Waals surface area contributed by atoms with Gasteiger partial charge in [-0.15, -0.1) is 0 Å². The number of nitrogens with zero attached hydrogens (tertiary/aromatic N) is 2. The molecular weight excluding hydrogens is 480 g/mol. The zero-order valence-corrected chi connectivity index (χ0v) is 23.3. The second kappa shape index (κ2) is 13.1. The molecule has 39 heavy (non-hydrogen) atoms. The molecule has 4 rings (SSSR count).